The third-order valence-electron chi connectivity index (χ3n) is 5.07. The Morgan fingerprint density at radius 1 is 1.20 bits per heavy atom. The Kier molecular flexibility index (Phi) is 4.34. The van der Waals surface area contributed by atoms with Crippen LogP contribution in [-0.4, -0.2) is 39.9 Å². The third kappa shape index (κ3) is 3.34. The minimum absolute atomic E-state index is 0.0964. The van der Waals surface area contributed by atoms with E-state index in [1.165, 1.54) is 17.7 Å². The summed E-state index contributed by atoms with van der Waals surface area (Å²) in [5, 5.41) is 3.54. The lowest BCUT2D eigenvalue weighted by molar-refractivity contribution is 0.0718. The number of amides is 1. The van der Waals surface area contributed by atoms with E-state index in [1.807, 2.05) is 0 Å². The van der Waals surface area contributed by atoms with E-state index in [4.69, 9.17) is 0 Å². The Balaban J connectivity index is 1.37. The van der Waals surface area contributed by atoms with Crippen LogP contribution in [0, 0.1) is 5.82 Å². The second kappa shape index (κ2) is 6.78. The van der Waals surface area contributed by atoms with Crippen molar-refractivity contribution < 1.29 is 9.18 Å². The molecule has 0 bridgehead atoms. The number of benzene rings is 1. The van der Waals surface area contributed by atoms with E-state index in [0.29, 0.717) is 24.7 Å². The van der Waals surface area contributed by atoms with E-state index in [1.54, 1.807) is 23.4 Å². The van der Waals surface area contributed by atoms with Gasteiger partial charge in [0.25, 0.3) is 5.91 Å². The van der Waals surface area contributed by atoms with Crippen LogP contribution in [0.2, 0.25) is 0 Å². The number of rotatable bonds is 3. The zero-order valence-corrected chi connectivity index (χ0v) is 14.0. The first-order valence-corrected chi connectivity index (χ1v) is 8.85. The van der Waals surface area contributed by atoms with Gasteiger partial charge in [-0.2, -0.15) is 0 Å². The summed E-state index contributed by atoms with van der Waals surface area (Å²) in [4.78, 5) is 23.1. The first-order valence-electron chi connectivity index (χ1n) is 8.85. The number of aryl methyl sites for hydroxylation is 1. The summed E-state index contributed by atoms with van der Waals surface area (Å²) in [6, 6.07) is 6.20. The van der Waals surface area contributed by atoms with Crippen molar-refractivity contribution in [3.05, 3.63) is 53.2 Å². The van der Waals surface area contributed by atoms with Crippen molar-refractivity contribution in [3.8, 4) is 0 Å². The molecule has 0 saturated carbocycles. The number of nitrogens with one attached hydrogen (secondary N) is 1. The molecule has 1 aromatic carbocycles. The van der Waals surface area contributed by atoms with Crippen molar-refractivity contribution in [1.82, 2.24) is 14.9 Å². The van der Waals surface area contributed by atoms with Crippen LogP contribution in [0.25, 0.3) is 0 Å². The van der Waals surface area contributed by atoms with E-state index in [-0.39, 0.29) is 11.7 Å². The predicted molar refractivity (Wildman–Crippen MR) is 93.0 cm³/mol. The number of nitrogens with zero attached hydrogens (tertiary/aromatic N) is 3. The maximum absolute atomic E-state index is 13.3. The number of hydrogen-bond donors (Lipinski definition) is 1. The van der Waals surface area contributed by atoms with Crippen molar-refractivity contribution >= 4 is 11.7 Å². The first kappa shape index (κ1) is 16.0. The van der Waals surface area contributed by atoms with E-state index in [0.717, 1.165) is 43.6 Å². The van der Waals surface area contributed by atoms with Crippen LogP contribution in [0.5, 0.6) is 0 Å². The van der Waals surface area contributed by atoms with E-state index >= 15 is 0 Å². The van der Waals surface area contributed by atoms with Crippen LogP contribution in [0.1, 0.15) is 40.9 Å². The number of anilines is 1. The molecule has 25 heavy (non-hydrogen) atoms. The molecule has 0 radical (unpaired) electrons. The van der Waals surface area contributed by atoms with Gasteiger partial charge in [-0.15, -0.1) is 0 Å². The highest BCUT2D eigenvalue weighted by Crippen LogP contribution is 2.27. The van der Waals surface area contributed by atoms with Crippen LogP contribution in [0.3, 0.4) is 0 Å². The SMILES string of the molecule is O=C(c1cccc(F)c1)N1CCC(Nc2ncnc3c2CCC3)CC1. The monoisotopic (exact) mass is 340 g/mol. The molecule has 1 aliphatic carbocycles. The second-order valence-electron chi connectivity index (χ2n) is 6.72. The molecule has 1 aliphatic heterocycles. The molecule has 1 amide bonds. The van der Waals surface area contributed by atoms with Crippen LogP contribution in [0.15, 0.2) is 30.6 Å². The summed E-state index contributed by atoms with van der Waals surface area (Å²) in [5.74, 6) is 0.485. The smallest absolute Gasteiger partial charge is 0.253 e. The Hall–Kier alpha value is -2.50. The molecule has 1 saturated heterocycles. The van der Waals surface area contributed by atoms with Crippen LogP contribution in [-0.2, 0) is 12.8 Å². The van der Waals surface area contributed by atoms with Crippen molar-refractivity contribution in [2.75, 3.05) is 18.4 Å². The van der Waals surface area contributed by atoms with Crippen molar-refractivity contribution in [1.29, 1.82) is 0 Å². The van der Waals surface area contributed by atoms with Gasteiger partial charge in [-0.05, 0) is 50.3 Å². The van der Waals surface area contributed by atoms with Gasteiger partial charge < -0.3 is 10.2 Å². The zero-order chi connectivity index (χ0) is 17.2. The topological polar surface area (TPSA) is 58.1 Å². The minimum atomic E-state index is -0.375. The highest BCUT2D eigenvalue weighted by molar-refractivity contribution is 5.94. The molecule has 1 aromatic heterocycles. The van der Waals surface area contributed by atoms with Gasteiger partial charge in [0.05, 0.1) is 0 Å². The fraction of sp³-hybridized carbons (Fsp3) is 0.421. The number of carbonyl (C=O) groups is 1. The third-order valence-corrected chi connectivity index (χ3v) is 5.07. The largest absolute Gasteiger partial charge is 0.367 e. The molecule has 0 spiro atoms. The lowest BCUT2D eigenvalue weighted by Gasteiger charge is -2.33. The number of aromatic nitrogens is 2. The quantitative estimate of drug-likeness (QED) is 0.933. The summed E-state index contributed by atoms with van der Waals surface area (Å²) in [7, 11) is 0. The number of halogens is 1. The van der Waals surface area contributed by atoms with Gasteiger partial charge in [0, 0.05) is 36.0 Å². The van der Waals surface area contributed by atoms with Gasteiger partial charge >= 0.3 is 0 Å². The van der Waals surface area contributed by atoms with Crippen molar-refractivity contribution in [2.45, 2.75) is 38.1 Å². The average Bonchev–Trinajstić information content (AvgIpc) is 3.12. The predicted octanol–water partition coefficient (Wildman–Crippen LogP) is 2.82. The highest BCUT2D eigenvalue weighted by Gasteiger charge is 2.25. The number of carbonyl (C=O) groups excluding carboxylic acids is 1. The average molecular weight is 340 g/mol. The van der Waals surface area contributed by atoms with E-state index in [2.05, 4.69) is 15.3 Å². The van der Waals surface area contributed by atoms with Crippen LogP contribution < -0.4 is 5.32 Å². The molecule has 1 N–H and O–H groups in total. The van der Waals surface area contributed by atoms with Crippen LogP contribution in [0.4, 0.5) is 10.2 Å². The molecule has 0 unspecified atom stereocenters. The number of likely N-dealkylation sites (tertiary alicyclic amines) is 1. The molecule has 2 heterocycles. The van der Waals surface area contributed by atoms with Gasteiger partial charge in [-0.25, -0.2) is 14.4 Å². The van der Waals surface area contributed by atoms with Gasteiger partial charge in [-0.1, -0.05) is 6.07 Å². The van der Waals surface area contributed by atoms with Gasteiger partial charge in [0.1, 0.15) is 18.0 Å². The summed E-state index contributed by atoms with van der Waals surface area (Å²) < 4.78 is 13.3. The molecule has 0 atom stereocenters. The number of hydrogen-bond acceptors (Lipinski definition) is 4. The standard InChI is InChI=1S/C19H21FN4O/c20-14-4-1-3-13(11-14)19(25)24-9-7-15(8-10-24)23-18-16-5-2-6-17(16)21-12-22-18/h1,3-4,11-12,15H,2,5-10H2,(H,21,22,23). The first-order chi connectivity index (χ1) is 12.2. The summed E-state index contributed by atoms with van der Waals surface area (Å²) in [5.41, 5.74) is 2.83. The van der Waals surface area contributed by atoms with Crippen LogP contribution >= 0.6 is 0 Å². The zero-order valence-electron chi connectivity index (χ0n) is 14.0. The number of piperidine rings is 1. The molecule has 5 nitrogen and oxygen atoms in total. The molecule has 2 aromatic rings. The van der Waals surface area contributed by atoms with E-state index in [9.17, 15) is 9.18 Å². The molecule has 6 heteroatoms. The maximum atomic E-state index is 13.3. The minimum Gasteiger partial charge on any atom is -0.367 e. The summed E-state index contributed by atoms with van der Waals surface area (Å²) >= 11 is 0. The van der Waals surface area contributed by atoms with Crippen molar-refractivity contribution in [3.63, 3.8) is 0 Å². The maximum Gasteiger partial charge on any atom is 0.253 e. The van der Waals surface area contributed by atoms with E-state index < -0.39 is 0 Å². The Morgan fingerprint density at radius 3 is 2.84 bits per heavy atom. The lowest BCUT2D eigenvalue weighted by atomic mass is 10.0. The molecular weight excluding hydrogens is 319 g/mol. The summed E-state index contributed by atoms with van der Waals surface area (Å²) in [6.07, 6.45) is 6.57. The Bertz CT molecular complexity index is 787. The Labute approximate surface area is 146 Å². The molecule has 1 fully saturated rings. The van der Waals surface area contributed by atoms with Gasteiger partial charge in [0.2, 0.25) is 0 Å². The second-order valence-corrected chi connectivity index (χ2v) is 6.72. The Morgan fingerprint density at radius 2 is 2.04 bits per heavy atom. The fourth-order valence-electron chi connectivity index (χ4n) is 3.71. The molecule has 2 aliphatic rings. The lowest BCUT2D eigenvalue weighted by Crippen LogP contribution is -2.42. The van der Waals surface area contributed by atoms with Gasteiger partial charge in [0.15, 0.2) is 0 Å². The molecular formula is C19H21FN4O. The highest BCUT2D eigenvalue weighted by atomic mass is 19.1. The normalized spacial score (nSPS) is 17.4. The van der Waals surface area contributed by atoms with Gasteiger partial charge in [-0.3, -0.25) is 4.79 Å². The summed E-state index contributed by atoms with van der Waals surface area (Å²) in [6.45, 7) is 1.33. The number of fused-ring (bicyclic) bond motifs is 1. The molecule has 130 valence electrons. The fourth-order valence-corrected chi connectivity index (χ4v) is 3.71. The molecule has 4 rings (SSSR count). The van der Waals surface area contributed by atoms with Crippen molar-refractivity contribution in [2.24, 2.45) is 0 Å².